The van der Waals surface area contributed by atoms with E-state index in [9.17, 15) is 4.79 Å². The Kier molecular flexibility index (Phi) is 5.08. The largest absolute Gasteiger partial charge is 0.370 e. The van der Waals surface area contributed by atoms with Crippen molar-refractivity contribution in [3.05, 3.63) is 28.0 Å². The minimum atomic E-state index is -0.164. The second-order valence-corrected chi connectivity index (χ2v) is 7.52. The molecule has 25 heavy (non-hydrogen) atoms. The highest BCUT2D eigenvalue weighted by molar-refractivity contribution is 5.00. The Hall–Kier alpha value is -1.96. The van der Waals surface area contributed by atoms with Crippen LogP contribution in [-0.2, 0) is 17.7 Å². The summed E-state index contributed by atoms with van der Waals surface area (Å²) in [5, 5.41) is 8.52. The van der Waals surface area contributed by atoms with Gasteiger partial charge in [0.15, 0.2) is 11.6 Å². The zero-order valence-electron chi connectivity index (χ0n) is 15.6. The first-order chi connectivity index (χ1) is 11.9. The van der Waals surface area contributed by atoms with Crippen molar-refractivity contribution in [2.75, 3.05) is 6.61 Å². The lowest BCUT2D eigenvalue weighted by Gasteiger charge is -2.16. The zero-order chi connectivity index (χ0) is 18.1. The van der Waals surface area contributed by atoms with Gasteiger partial charge in [0.1, 0.15) is 12.6 Å². The Balaban J connectivity index is 1.89. The van der Waals surface area contributed by atoms with Crippen LogP contribution in [0, 0.1) is 11.8 Å². The normalized spacial score (nSPS) is 20.9. The van der Waals surface area contributed by atoms with Crippen molar-refractivity contribution >= 4 is 0 Å². The molecule has 3 rings (SSSR count). The summed E-state index contributed by atoms with van der Waals surface area (Å²) in [5.74, 6) is 2.53. The van der Waals surface area contributed by atoms with E-state index in [1.165, 1.54) is 4.68 Å². The third-order valence-electron chi connectivity index (χ3n) is 4.44. The molecule has 1 aliphatic rings. The monoisotopic (exact) mass is 349 g/mol. The van der Waals surface area contributed by atoms with Gasteiger partial charge < -0.3 is 9.26 Å². The molecule has 3 heterocycles. The molecule has 1 fully saturated rings. The Bertz CT molecular complexity index is 774. The minimum absolute atomic E-state index is 0.00872. The highest BCUT2D eigenvalue weighted by Gasteiger charge is 2.32. The molecule has 8 nitrogen and oxygen atoms in total. The van der Waals surface area contributed by atoms with Crippen molar-refractivity contribution in [3.63, 3.8) is 0 Å². The lowest BCUT2D eigenvalue weighted by Crippen LogP contribution is -2.28. The van der Waals surface area contributed by atoms with E-state index in [1.54, 1.807) is 4.57 Å². The van der Waals surface area contributed by atoms with Gasteiger partial charge in [-0.3, -0.25) is 4.57 Å². The van der Waals surface area contributed by atoms with E-state index in [0.717, 1.165) is 12.8 Å². The summed E-state index contributed by atoms with van der Waals surface area (Å²) in [7, 11) is 0. The van der Waals surface area contributed by atoms with Crippen LogP contribution in [0.1, 0.15) is 70.7 Å². The molecule has 0 unspecified atom stereocenters. The van der Waals surface area contributed by atoms with Crippen molar-refractivity contribution in [2.45, 2.75) is 66.2 Å². The summed E-state index contributed by atoms with van der Waals surface area (Å²) in [5.41, 5.74) is -0.164. The maximum Gasteiger partial charge on any atom is 0.346 e. The van der Waals surface area contributed by atoms with E-state index >= 15 is 0 Å². The summed E-state index contributed by atoms with van der Waals surface area (Å²) < 4.78 is 14.2. The predicted octanol–water partition coefficient (Wildman–Crippen LogP) is 2.35. The number of hydrogen-bond acceptors (Lipinski definition) is 6. The van der Waals surface area contributed by atoms with Gasteiger partial charge >= 0.3 is 5.69 Å². The minimum Gasteiger partial charge on any atom is -0.370 e. The molecule has 0 spiro atoms. The quantitative estimate of drug-likeness (QED) is 0.795. The van der Waals surface area contributed by atoms with Crippen molar-refractivity contribution in [3.8, 4) is 0 Å². The summed E-state index contributed by atoms with van der Waals surface area (Å²) in [6.07, 6.45) is 1.56. The van der Waals surface area contributed by atoms with Gasteiger partial charge in [0.2, 0.25) is 5.89 Å². The maximum atomic E-state index is 12.8. The number of nitrogens with zero attached hydrogens (tertiary/aromatic N) is 5. The average molecular weight is 349 g/mol. The predicted molar refractivity (Wildman–Crippen MR) is 91.3 cm³/mol. The fraction of sp³-hybridized carbons (Fsp3) is 0.765. The SMILES string of the molecule is CC(C)Cc1nc(Cn2nc([C@H]3OCC[C@H]3C)n(C(C)C)c2=O)no1. The molecule has 2 aromatic rings. The first-order valence-corrected chi connectivity index (χ1v) is 8.99. The van der Waals surface area contributed by atoms with Crippen LogP contribution >= 0.6 is 0 Å². The van der Waals surface area contributed by atoms with Crippen molar-refractivity contribution < 1.29 is 9.26 Å². The van der Waals surface area contributed by atoms with Crippen molar-refractivity contribution in [1.82, 2.24) is 24.5 Å². The van der Waals surface area contributed by atoms with Crippen LogP contribution in [0.4, 0.5) is 0 Å². The van der Waals surface area contributed by atoms with Crippen LogP contribution < -0.4 is 5.69 Å². The second-order valence-electron chi connectivity index (χ2n) is 7.52. The van der Waals surface area contributed by atoms with Crippen LogP contribution in [0.5, 0.6) is 0 Å². The Morgan fingerprint density at radius 1 is 1.28 bits per heavy atom. The molecule has 0 aromatic carbocycles. The standard InChI is InChI=1S/C17H27N5O3/c1-10(2)8-14-18-13(20-25-14)9-21-17(23)22(11(3)4)16(19-21)15-12(5)6-7-24-15/h10-12,15H,6-9H2,1-5H3/t12-,15+/m1/s1. The average Bonchev–Trinajstić information content (AvgIpc) is 3.20. The molecule has 0 aliphatic carbocycles. The van der Waals surface area contributed by atoms with Crippen molar-refractivity contribution in [2.24, 2.45) is 11.8 Å². The van der Waals surface area contributed by atoms with Gasteiger partial charge in [-0.15, -0.1) is 0 Å². The highest BCUT2D eigenvalue weighted by atomic mass is 16.5. The third kappa shape index (κ3) is 3.68. The van der Waals surface area contributed by atoms with E-state index in [1.807, 2.05) is 13.8 Å². The Morgan fingerprint density at radius 3 is 2.64 bits per heavy atom. The number of aromatic nitrogens is 5. The fourth-order valence-electron chi connectivity index (χ4n) is 3.17. The van der Waals surface area contributed by atoms with E-state index in [4.69, 9.17) is 9.26 Å². The van der Waals surface area contributed by atoms with E-state index in [0.29, 0.717) is 36.0 Å². The molecule has 1 aliphatic heterocycles. The van der Waals surface area contributed by atoms with Crippen molar-refractivity contribution in [1.29, 1.82) is 0 Å². The molecule has 8 heteroatoms. The first kappa shape index (κ1) is 17.8. The van der Waals surface area contributed by atoms with Crippen LogP contribution in [0.25, 0.3) is 0 Å². The van der Waals surface area contributed by atoms with Gasteiger partial charge in [0.05, 0.1) is 0 Å². The number of ether oxygens (including phenoxy) is 1. The van der Waals surface area contributed by atoms with Crippen LogP contribution in [0.15, 0.2) is 9.32 Å². The Labute approximate surface area is 147 Å². The number of hydrogen-bond donors (Lipinski definition) is 0. The smallest absolute Gasteiger partial charge is 0.346 e. The Morgan fingerprint density at radius 2 is 2.04 bits per heavy atom. The molecule has 138 valence electrons. The molecule has 0 N–H and O–H groups in total. The summed E-state index contributed by atoms with van der Waals surface area (Å²) >= 11 is 0. The molecule has 2 atom stereocenters. The van der Waals surface area contributed by atoms with Gasteiger partial charge in [-0.05, 0) is 32.1 Å². The molecule has 0 saturated carbocycles. The number of rotatable bonds is 6. The first-order valence-electron chi connectivity index (χ1n) is 8.99. The molecule has 0 bridgehead atoms. The molecule has 1 saturated heterocycles. The van der Waals surface area contributed by atoms with Gasteiger partial charge in [-0.25, -0.2) is 9.48 Å². The van der Waals surface area contributed by atoms with Crippen LogP contribution in [-0.4, -0.2) is 31.1 Å². The third-order valence-corrected chi connectivity index (χ3v) is 4.44. The molecular formula is C17H27N5O3. The van der Waals surface area contributed by atoms with E-state index < -0.39 is 0 Å². The van der Waals surface area contributed by atoms with E-state index in [-0.39, 0.29) is 24.4 Å². The van der Waals surface area contributed by atoms with Gasteiger partial charge in [-0.1, -0.05) is 25.9 Å². The lowest BCUT2D eigenvalue weighted by atomic mass is 10.0. The van der Waals surface area contributed by atoms with Gasteiger partial charge in [0, 0.05) is 19.1 Å². The highest BCUT2D eigenvalue weighted by Crippen LogP contribution is 2.33. The molecular weight excluding hydrogens is 322 g/mol. The zero-order valence-corrected chi connectivity index (χ0v) is 15.6. The summed E-state index contributed by atoms with van der Waals surface area (Å²) in [6, 6.07) is 0.00872. The van der Waals surface area contributed by atoms with Crippen LogP contribution in [0.2, 0.25) is 0 Å². The van der Waals surface area contributed by atoms with E-state index in [2.05, 4.69) is 36.0 Å². The maximum absolute atomic E-state index is 12.8. The fourth-order valence-corrected chi connectivity index (χ4v) is 3.17. The van der Waals surface area contributed by atoms with Gasteiger partial charge in [-0.2, -0.15) is 10.1 Å². The second kappa shape index (κ2) is 7.11. The topological polar surface area (TPSA) is 88.0 Å². The van der Waals surface area contributed by atoms with Crippen LogP contribution in [0.3, 0.4) is 0 Å². The lowest BCUT2D eigenvalue weighted by molar-refractivity contribution is 0.0825. The summed E-state index contributed by atoms with van der Waals surface area (Å²) in [6.45, 7) is 11.2. The summed E-state index contributed by atoms with van der Waals surface area (Å²) in [4.78, 5) is 17.2. The molecule has 2 aromatic heterocycles. The van der Waals surface area contributed by atoms with Gasteiger partial charge in [0.25, 0.3) is 0 Å². The molecule has 0 radical (unpaired) electrons. The molecule has 0 amide bonds.